The lowest BCUT2D eigenvalue weighted by Crippen LogP contribution is -2.30. The highest BCUT2D eigenvalue weighted by atomic mass is 15.1. The monoisotopic (exact) mass is 244 g/mol. The van der Waals surface area contributed by atoms with Crippen LogP contribution in [0.15, 0.2) is 12.3 Å². The number of rotatable bonds is 2. The maximum absolute atomic E-state index is 4.62. The topological polar surface area (TPSA) is 42.7 Å². The van der Waals surface area contributed by atoms with Crippen LogP contribution in [-0.2, 0) is 6.54 Å². The van der Waals surface area contributed by atoms with Crippen molar-refractivity contribution in [3.05, 3.63) is 23.7 Å². The highest BCUT2D eigenvalue weighted by Gasteiger charge is 2.17. The van der Waals surface area contributed by atoms with E-state index in [2.05, 4.69) is 39.8 Å². The number of aryl methyl sites for hydroxylation is 2. The van der Waals surface area contributed by atoms with Crippen LogP contribution in [0.1, 0.15) is 24.2 Å². The van der Waals surface area contributed by atoms with Gasteiger partial charge < -0.3 is 9.88 Å². The molecule has 2 aromatic heterocycles. The molecule has 4 heteroatoms. The number of hydrogen-bond donors (Lipinski definition) is 1. The lowest BCUT2D eigenvalue weighted by molar-refractivity contribution is 0.333. The van der Waals surface area contributed by atoms with Gasteiger partial charge in [0.25, 0.3) is 0 Å². The van der Waals surface area contributed by atoms with Crippen LogP contribution >= 0.6 is 0 Å². The summed E-state index contributed by atoms with van der Waals surface area (Å²) in [5.41, 5.74) is 3.24. The summed E-state index contributed by atoms with van der Waals surface area (Å²) >= 11 is 0. The molecule has 3 rings (SSSR count). The van der Waals surface area contributed by atoms with Gasteiger partial charge in [0, 0.05) is 12.7 Å². The summed E-state index contributed by atoms with van der Waals surface area (Å²) in [5.74, 6) is 1.84. The van der Waals surface area contributed by atoms with Crippen molar-refractivity contribution in [1.29, 1.82) is 0 Å². The Morgan fingerprint density at radius 1 is 1.33 bits per heavy atom. The van der Waals surface area contributed by atoms with Gasteiger partial charge in [0.15, 0.2) is 5.65 Å². The zero-order chi connectivity index (χ0) is 12.5. The number of piperidine rings is 1. The van der Waals surface area contributed by atoms with Crippen molar-refractivity contribution >= 4 is 11.2 Å². The smallest absolute Gasteiger partial charge is 0.160 e. The zero-order valence-electron chi connectivity index (χ0n) is 11.1. The van der Waals surface area contributed by atoms with Gasteiger partial charge in [-0.15, -0.1) is 0 Å². The quantitative estimate of drug-likeness (QED) is 0.879. The molecule has 0 aromatic carbocycles. The first-order valence-corrected chi connectivity index (χ1v) is 6.74. The van der Waals surface area contributed by atoms with Crippen LogP contribution in [0.25, 0.3) is 11.2 Å². The van der Waals surface area contributed by atoms with Crippen LogP contribution in [-0.4, -0.2) is 27.6 Å². The molecule has 0 bridgehead atoms. The van der Waals surface area contributed by atoms with Crippen molar-refractivity contribution < 1.29 is 0 Å². The van der Waals surface area contributed by atoms with E-state index in [0.29, 0.717) is 0 Å². The van der Waals surface area contributed by atoms with E-state index in [1.807, 2.05) is 6.20 Å². The number of pyridine rings is 1. The van der Waals surface area contributed by atoms with Crippen molar-refractivity contribution in [1.82, 2.24) is 19.9 Å². The lowest BCUT2D eigenvalue weighted by atomic mass is 9.98. The number of aromatic nitrogens is 3. The van der Waals surface area contributed by atoms with Crippen LogP contribution in [0.2, 0.25) is 0 Å². The Balaban J connectivity index is 1.92. The Hall–Kier alpha value is -1.42. The van der Waals surface area contributed by atoms with E-state index in [4.69, 9.17) is 0 Å². The average molecular weight is 244 g/mol. The van der Waals surface area contributed by atoms with Gasteiger partial charge in [-0.3, -0.25) is 0 Å². The SMILES string of the molecule is Cc1cnc2c(c1)nc(C)n2CC1CCNCC1. The molecule has 2 aromatic rings. The van der Waals surface area contributed by atoms with Crippen LogP contribution < -0.4 is 5.32 Å². The molecule has 1 aliphatic rings. The van der Waals surface area contributed by atoms with Gasteiger partial charge in [-0.1, -0.05) is 0 Å². The minimum atomic E-state index is 0.755. The van der Waals surface area contributed by atoms with Crippen LogP contribution in [0.3, 0.4) is 0 Å². The van der Waals surface area contributed by atoms with E-state index >= 15 is 0 Å². The van der Waals surface area contributed by atoms with Gasteiger partial charge in [0.1, 0.15) is 11.3 Å². The molecule has 18 heavy (non-hydrogen) atoms. The van der Waals surface area contributed by atoms with Crippen molar-refractivity contribution in [3.8, 4) is 0 Å². The molecule has 1 N–H and O–H groups in total. The summed E-state index contributed by atoms with van der Waals surface area (Å²) in [6.45, 7) is 7.48. The lowest BCUT2D eigenvalue weighted by Gasteiger charge is -2.23. The first-order chi connectivity index (χ1) is 8.74. The zero-order valence-corrected chi connectivity index (χ0v) is 11.1. The largest absolute Gasteiger partial charge is 0.317 e. The van der Waals surface area contributed by atoms with Gasteiger partial charge in [-0.25, -0.2) is 9.97 Å². The maximum atomic E-state index is 4.62. The van der Waals surface area contributed by atoms with Gasteiger partial charge in [-0.05, 0) is 57.3 Å². The van der Waals surface area contributed by atoms with Gasteiger partial charge >= 0.3 is 0 Å². The first-order valence-electron chi connectivity index (χ1n) is 6.74. The Morgan fingerprint density at radius 3 is 2.89 bits per heavy atom. The number of nitrogens with zero attached hydrogens (tertiary/aromatic N) is 3. The second kappa shape index (κ2) is 4.69. The molecule has 0 aliphatic carbocycles. The summed E-state index contributed by atoms with van der Waals surface area (Å²) in [6, 6.07) is 2.12. The summed E-state index contributed by atoms with van der Waals surface area (Å²) in [5, 5.41) is 3.41. The molecule has 1 fully saturated rings. The van der Waals surface area contributed by atoms with E-state index < -0.39 is 0 Å². The molecule has 0 amide bonds. The van der Waals surface area contributed by atoms with E-state index in [9.17, 15) is 0 Å². The Bertz CT molecular complexity index is 552. The van der Waals surface area contributed by atoms with Crippen molar-refractivity contribution in [2.45, 2.75) is 33.2 Å². The molecule has 0 saturated carbocycles. The molecule has 96 valence electrons. The van der Waals surface area contributed by atoms with Gasteiger partial charge in [0.2, 0.25) is 0 Å². The van der Waals surface area contributed by atoms with Crippen LogP contribution in [0, 0.1) is 19.8 Å². The third-order valence-corrected chi connectivity index (χ3v) is 3.81. The summed E-state index contributed by atoms with van der Waals surface area (Å²) in [6.07, 6.45) is 4.44. The molecule has 0 unspecified atom stereocenters. The molecule has 0 radical (unpaired) electrons. The Labute approximate surface area is 107 Å². The second-order valence-corrected chi connectivity index (χ2v) is 5.32. The number of imidazole rings is 1. The van der Waals surface area contributed by atoms with E-state index in [1.54, 1.807) is 0 Å². The predicted molar refractivity (Wildman–Crippen MR) is 72.6 cm³/mol. The van der Waals surface area contributed by atoms with Crippen molar-refractivity contribution in [2.75, 3.05) is 13.1 Å². The fraction of sp³-hybridized carbons (Fsp3) is 0.571. The molecular weight excluding hydrogens is 224 g/mol. The van der Waals surface area contributed by atoms with E-state index in [1.165, 1.54) is 18.4 Å². The van der Waals surface area contributed by atoms with E-state index in [0.717, 1.165) is 42.5 Å². The summed E-state index contributed by atoms with van der Waals surface area (Å²) in [4.78, 5) is 9.18. The molecule has 0 atom stereocenters. The van der Waals surface area contributed by atoms with Crippen LogP contribution in [0.4, 0.5) is 0 Å². The Kier molecular flexibility index (Phi) is 3.04. The molecule has 1 aliphatic heterocycles. The standard InChI is InChI=1S/C14H20N4/c1-10-7-13-14(16-8-10)18(11(2)17-13)9-12-3-5-15-6-4-12/h7-8,12,15H,3-6,9H2,1-2H3. The van der Waals surface area contributed by atoms with Crippen LogP contribution in [0.5, 0.6) is 0 Å². The summed E-state index contributed by atoms with van der Waals surface area (Å²) < 4.78 is 2.28. The first kappa shape index (κ1) is 11.7. The van der Waals surface area contributed by atoms with Crippen molar-refractivity contribution in [2.24, 2.45) is 5.92 Å². The fourth-order valence-electron chi connectivity index (χ4n) is 2.77. The molecule has 1 saturated heterocycles. The highest BCUT2D eigenvalue weighted by molar-refractivity contribution is 5.72. The van der Waals surface area contributed by atoms with Crippen molar-refractivity contribution in [3.63, 3.8) is 0 Å². The third kappa shape index (κ3) is 2.12. The fourth-order valence-corrected chi connectivity index (χ4v) is 2.77. The van der Waals surface area contributed by atoms with Gasteiger partial charge in [0.05, 0.1) is 0 Å². The van der Waals surface area contributed by atoms with Gasteiger partial charge in [-0.2, -0.15) is 0 Å². The number of fused-ring (bicyclic) bond motifs is 1. The normalized spacial score (nSPS) is 17.4. The minimum absolute atomic E-state index is 0.755. The molecule has 3 heterocycles. The van der Waals surface area contributed by atoms with E-state index in [-0.39, 0.29) is 0 Å². The third-order valence-electron chi connectivity index (χ3n) is 3.81. The summed E-state index contributed by atoms with van der Waals surface area (Å²) in [7, 11) is 0. The Morgan fingerprint density at radius 2 is 2.11 bits per heavy atom. The maximum Gasteiger partial charge on any atom is 0.160 e. The highest BCUT2D eigenvalue weighted by Crippen LogP contribution is 2.20. The molecule has 4 nitrogen and oxygen atoms in total. The minimum Gasteiger partial charge on any atom is -0.317 e. The average Bonchev–Trinajstić information content (AvgIpc) is 2.66. The number of nitrogens with one attached hydrogen (secondary N) is 1. The second-order valence-electron chi connectivity index (χ2n) is 5.32. The molecule has 0 spiro atoms. The number of hydrogen-bond acceptors (Lipinski definition) is 3. The molecular formula is C14H20N4. The predicted octanol–water partition coefficient (Wildman–Crippen LogP) is 2.05.